The van der Waals surface area contributed by atoms with Crippen LogP contribution in [0.15, 0.2) is 97.1 Å². The monoisotopic (exact) mass is 698 g/mol. The van der Waals surface area contributed by atoms with Crippen LogP contribution in [0.1, 0.15) is 66.4 Å². The summed E-state index contributed by atoms with van der Waals surface area (Å²) in [6.45, 7) is 14.2. The fourth-order valence-electron chi connectivity index (χ4n) is 4.59. The summed E-state index contributed by atoms with van der Waals surface area (Å²) < 4.78 is 26.8. The number of phenolic OH excluding ortho intramolecular Hbond substituents is 2. The van der Waals surface area contributed by atoms with E-state index < -0.39 is 0 Å². The zero-order chi connectivity index (χ0) is 35.7. The van der Waals surface area contributed by atoms with Gasteiger partial charge in [0.1, 0.15) is 42.7 Å². The average molecular weight is 699 g/mol. The van der Waals surface area contributed by atoms with Gasteiger partial charge in [-0.05, 0) is 72.4 Å². The van der Waals surface area contributed by atoms with Crippen molar-refractivity contribution < 1.29 is 33.9 Å². The molecule has 2 unspecified atom stereocenters. The van der Waals surface area contributed by atoms with Crippen molar-refractivity contribution in [3.63, 3.8) is 0 Å². The average Bonchev–Trinajstić information content (AvgIpc) is 3.97. The Bertz CT molecular complexity index is 1710. The van der Waals surface area contributed by atoms with Crippen molar-refractivity contribution in [1.29, 1.82) is 0 Å². The molecule has 5 aromatic rings. The van der Waals surface area contributed by atoms with Gasteiger partial charge < -0.3 is 33.9 Å². The number of epoxide rings is 2. The van der Waals surface area contributed by atoms with Crippen molar-refractivity contribution in [2.75, 3.05) is 33.0 Å². The van der Waals surface area contributed by atoms with E-state index in [1.165, 1.54) is 31.2 Å². The molecule has 0 aromatic heterocycles. The van der Waals surface area contributed by atoms with Gasteiger partial charge in [0.2, 0.25) is 0 Å². The van der Waals surface area contributed by atoms with Gasteiger partial charge in [0.15, 0.2) is 11.5 Å². The van der Waals surface area contributed by atoms with Crippen molar-refractivity contribution in [2.45, 2.75) is 79.9 Å². The number of aryl methyl sites for hydroxylation is 1. The molecular weight excluding hydrogens is 640 g/mol. The quantitative estimate of drug-likeness (QED) is 0.148. The Kier molecular flexibility index (Phi) is 17.4. The Morgan fingerprint density at radius 3 is 1.78 bits per heavy atom. The minimum Gasteiger partial charge on any atom is -0.507 e. The first kappa shape index (κ1) is 41.0. The van der Waals surface area contributed by atoms with E-state index in [-0.39, 0.29) is 19.3 Å². The number of hydrogen-bond acceptors (Lipinski definition) is 7. The second kappa shape index (κ2) is 21.7. The molecule has 0 spiro atoms. The Hall–Kier alpha value is -4.46. The first-order valence-corrected chi connectivity index (χ1v) is 18.0. The first-order chi connectivity index (χ1) is 24.4. The molecule has 2 heterocycles. The zero-order valence-corrected chi connectivity index (χ0v) is 30.3. The standard InChI is InChI=1S/C14H14O2.C13H12O3.C10H12O2.2C3H8.CH4/c15-14-3-1-2-11-6-7-12(8-13(11)14)16-9-10-4-5-10;14-13-11-4-2-1-3-9(11)5-6-12(13)16-8-10-7-15-10;1-8-4-2-3-5-10(8)12-7-9-6-11-9;2*1-3-2;/h1-3,6-8,10,15H,4-5,9H2;1-6,10,14H,7-8H2;2-5,9H,6-7H2,1H3;2*3H2,1-2H3;1H4. The molecule has 2 N–H and O–H groups in total. The van der Waals surface area contributed by atoms with Gasteiger partial charge in [0, 0.05) is 10.8 Å². The number of phenols is 2. The van der Waals surface area contributed by atoms with Gasteiger partial charge in [0.05, 0.1) is 19.8 Å². The van der Waals surface area contributed by atoms with Crippen LogP contribution in [0.25, 0.3) is 21.5 Å². The molecule has 2 atom stereocenters. The second-order valence-corrected chi connectivity index (χ2v) is 12.8. The highest BCUT2D eigenvalue weighted by Gasteiger charge is 2.24. The van der Waals surface area contributed by atoms with E-state index in [1.807, 2.05) is 91.9 Å². The molecular formula is C44H58O7. The SMILES string of the molecule is C.CCC.CCC.Cc1ccccc1OCC1CO1.Oc1c(OCC2CO2)ccc2ccccc12.Oc1cccc2ccc(OCC3CC3)cc12. The summed E-state index contributed by atoms with van der Waals surface area (Å²) >= 11 is 0. The summed E-state index contributed by atoms with van der Waals surface area (Å²) in [5.74, 6) is 3.61. The van der Waals surface area contributed by atoms with Crippen molar-refractivity contribution in [3.8, 4) is 28.7 Å². The van der Waals surface area contributed by atoms with Crippen LogP contribution in [-0.2, 0) is 9.47 Å². The molecule has 51 heavy (non-hydrogen) atoms. The Labute approximate surface area is 305 Å². The maximum atomic E-state index is 10.0. The lowest BCUT2D eigenvalue weighted by Gasteiger charge is -2.08. The number of para-hydroxylation sites is 1. The number of hydrogen-bond donors (Lipinski definition) is 2. The summed E-state index contributed by atoms with van der Waals surface area (Å²) in [6, 6.07) is 30.8. The highest BCUT2D eigenvalue weighted by atomic mass is 16.6. The van der Waals surface area contributed by atoms with E-state index in [0.717, 1.165) is 58.8 Å². The van der Waals surface area contributed by atoms with Gasteiger partial charge in [-0.2, -0.15) is 0 Å². The van der Waals surface area contributed by atoms with E-state index in [2.05, 4.69) is 27.7 Å². The van der Waals surface area contributed by atoms with Crippen LogP contribution in [0.4, 0.5) is 0 Å². The highest BCUT2D eigenvalue weighted by Crippen LogP contribution is 2.35. The maximum absolute atomic E-state index is 10.0. The number of benzene rings is 5. The van der Waals surface area contributed by atoms with Crippen LogP contribution < -0.4 is 14.2 Å². The van der Waals surface area contributed by atoms with Crippen molar-refractivity contribution >= 4 is 21.5 Å². The molecule has 0 bridgehead atoms. The molecule has 276 valence electrons. The maximum Gasteiger partial charge on any atom is 0.165 e. The molecule has 1 aliphatic carbocycles. The molecule has 0 radical (unpaired) electrons. The van der Waals surface area contributed by atoms with Gasteiger partial charge in [0.25, 0.3) is 0 Å². The highest BCUT2D eigenvalue weighted by molar-refractivity contribution is 5.90. The number of aromatic hydroxyl groups is 2. The van der Waals surface area contributed by atoms with E-state index in [9.17, 15) is 10.2 Å². The third-order valence-corrected chi connectivity index (χ3v) is 7.62. The summed E-state index contributed by atoms with van der Waals surface area (Å²) in [6.07, 6.45) is 5.62. The van der Waals surface area contributed by atoms with E-state index in [0.29, 0.717) is 30.8 Å². The van der Waals surface area contributed by atoms with Crippen LogP contribution >= 0.6 is 0 Å². The summed E-state index contributed by atoms with van der Waals surface area (Å²) in [4.78, 5) is 0. The van der Waals surface area contributed by atoms with Crippen molar-refractivity contribution in [2.24, 2.45) is 5.92 Å². The van der Waals surface area contributed by atoms with E-state index in [4.69, 9.17) is 23.7 Å². The van der Waals surface area contributed by atoms with Crippen molar-refractivity contribution in [3.05, 3.63) is 103 Å². The third-order valence-electron chi connectivity index (χ3n) is 7.62. The summed E-state index contributed by atoms with van der Waals surface area (Å²) in [5.41, 5.74) is 1.18. The van der Waals surface area contributed by atoms with Crippen LogP contribution in [0, 0.1) is 12.8 Å². The molecule has 3 fully saturated rings. The minimum atomic E-state index is 0. The number of rotatable bonds is 9. The lowest BCUT2D eigenvalue weighted by Crippen LogP contribution is -2.04. The smallest absolute Gasteiger partial charge is 0.165 e. The van der Waals surface area contributed by atoms with Gasteiger partial charge in [-0.15, -0.1) is 0 Å². The predicted molar refractivity (Wildman–Crippen MR) is 210 cm³/mol. The van der Waals surface area contributed by atoms with Crippen LogP contribution in [0.3, 0.4) is 0 Å². The molecule has 2 aliphatic heterocycles. The largest absolute Gasteiger partial charge is 0.507 e. The summed E-state index contributed by atoms with van der Waals surface area (Å²) in [5, 5.41) is 23.5. The molecule has 8 rings (SSSR count). The molecule has 5 aromatic carbocycles. The van der Waals surface area contributed by atoms with Crippen LogP contribution in [0.5, 0.6) is 28.7 Å². The van der Waals surface area contributed by atoms with Crippen LogP contribution in [-0.4, -0.2) is 55.5 Å². The molecule has 7 nitrogen and oxygen atoms in total. The van der Waals surface area contributed by atoms with E-state index in [1.54, 1.807) is 12.1 Å². The van der Waals surface area contributed by atoms with Crippen LogP contribution in [0.2, 0.25) is 0 Å². The molecule has 1 saturated carbocycles. The van der Waals surface area contributed by atoms with Gasteiger partial charge in [-0.3, -0.25) is 0 Å². The molecule has 3 aliphatic rings. The fourth-order valence-corrected chi connectivity index (χ4v) is 4.59. The molecule has 2 saturated heterocycles. The Morgan fingerprint density at radius 2 is 1.16 bits per heavy atom. The lowest BCUT2D eigenvalue weighted by molar-refractivity contribution is 0.255. The Morgan fingerprint density at radius 1 is 0.608 bits per heavy atom. The predicted octanol–water partition coefficient (Wildman–Crippen LogP) is 10.9. The zero-order valence-electron chi connectivity index (χ0n) is 30.3. The minimum absolute atomic E-state index is 0. The van der Waals surface area contributed by atoms with Gasteiger partial charge in [-0.25, -0.2) is 0 Å². The second-order valence-electron chi connectivity index (χ2n) is 12.8. The summed E-state index contributed by atoms with van der Waals surface area (Å²) in [7, 11) is 0. The molecule has 0 amide bonds. The van der Waals surface area contributed by atoms with Gasteiger partial charge >= 0.3 is 0 Å². The molecule has 7 heteroatoms. The third kappa shape index (κ3) is 14.4. The topological polar surface area (TPSA) is 93.2 Å². The van der Waals surface area contributed by atoms with Crippen molar-refractivity contribution in [1.82, 2.24) is 0 Å². The van der Waals surface area contributed by atoms with E-state index >= 15 is 0 Å². The number of fused-ring (bicyclic) bond motifs is 2. The first-order valence-electron chi connectivity index (χ1n) is 18.0. The lowest BCUT2D eigenvalue weighted by atomic mass is 10.1. The Balaban J connectivity index is 0.000000191. The fraction of sp³-hybridized carbons (Fsp3) is 0.409. The number of ether oxygens (including phenoxy) is 5. The normalized spacial score (nSPS) is 16.2. The van der Waals surface area contributed by atoms with Gasteiger partial charge in [-0.1, -0.05) is 115 Å².